The van der Waals surface area contributed by atoms with E-state index in [2.05, 4.69) is 110 Å². The van der Waals surface area contributed by atoms with Crippen LogP contribution in [0.25, 0.3) is 46.6 Å². The Balaban J connectivity index is 1.48. The monoisotopic (exact) mass is 504 g/mol. The van der Waals surface area contributed by atoms with E-state index in [1.807, 2.05) is 49.1 Å². The molecule has 6 rings (SSSR count). The molecule has 0 atom stereocenters. The normalized spacial score (nSPS) is 13.6. The molecule has 0 bridgehead atoms. The van der Waals surface area contributed by atoms with E-state index >= 15 is 0 Å². The molecule has 190 valence electrons. The summed E-state index contributed by atoms with van der Waals surface area (Å²) in [5.41, 5.74) is 15.2. The van der Waals surface area contributed by atoms with E-state index in [0.717, 1.165) is 11.1 Å². The zero-order chi connectivity index (χ0) is 27.0. The first kappa shape index (κ1) is 24.8. The Bertz CT molecular complexity index is 1730. The van der Waals surface area contributed by atoms with Gasteiger partial charge in [-0.25, -0.2) is 0 Å². The van der Waals surface area contributed by atoms with Crippen molar-refractivity contribution < 1.29 is 0 Å². The maximum absolute atomic E-state index is 4.16. The maximum Gasteiger partial charge on any atom is 0.0273 e. The van der Waals surface area contributed by atoms with Crippen LogP contribution in [0.4, 0.5) is 0 Å². The number of aryl methyl sites for hydroxylation is 2. The Hall–Kier alpha value is -4.56. The lowest BCUT2D eigenvalue weighted by molar-refractivity contribution is 0.660. The number of nitrogens with zero attached hydrogens (tertiary/aromatic N) is 2. The number of fused-ring (bicyclic) bond motifs is 3. The molecule has 2 nitrogen and oxygen atoms in total. The second kappa shape index (κ2) is 9.96. The van der Waals surface area contributed by atoms with Crippen LogP contribution in [0.1, 0.15) is 58.4 Å². The van der Waals surface area contributed by atoms with Gasteiger partial charge in [-0.05, 0) is 111 Å². The van der Waals surface area contributed by atoms with Gasteiger partial charge >= 0.3 is 0 Å². The van der Waals surface area contributed by atoms with Crippen LogP contribution in [0.3, 0.4) is 0 Å². The summed E-state index contributed by atoms with van der Waals surface area (Å²) in [4.78, 5) is 8.30. The predicted molar refractivity (Wildman–Crippen MR) is 165 cm³/mol. The fourth-order valence-electron chi connectivity index (χ4n) is 5.65. The Morgan fingerprint density at radius 2 is 1.10 bits per heavy atom. The minimum atomic E-state index is -0.0471. The fourth-order valence-corrected chi connectivity index (χ4v) is 5.65. The van der Waals surface area contributed by atoms with E-state index in [-0.39, 0.29) is 5.41 Å². The van der Waals surface area contributed by atoms with Crippen molar-refractivity contribution in [3.63, 3.8) is 0 Å². The van der Waals surface area contributed by atoms with Gasteiger partial charge in [-0.3, -0.25) is 9.97 Å². The first-order chi connectivity index (χ1) is 18.9. The summed E-state index contributed by atoms with van der Waals surface area (Å²) in [5.74, 6) is 0. The van der Waals surface area contributed by atoms with Gasteiger partial charge in [0, 0.05) is 30.2 Å². The van der Waals surface area contributed by atoms with Gasteiger partial charge in [-0.15, -0.1) is 0 Å². The minimum absolute atomic E-state index is 0.0471. The van der Waals surface area contributed by atoms with Crippen LogP contribution in [-0.4, -0.2) is 9.97 Å². The van der Waals surface area contributed by atoms with E-state index in [1.54, 1.807) is 0 Å². The smallest absolute Gasteiger partial charge is 0.0273 e. The van der Waals surface area contributed by atoms with E-state index in [0.29, 0.717) is 0 Å². The molecule has 0 spiro atoms. The highest BCUT2D eigenvalue weighted by Gasteiger charge is 2.35. The van der Waals surface area contributed by atoms with Crippen LogP contribution in [0.5, 0.6) is 0 Å². The fraction of sp³-hybridized carbons (Fsp3) is 0.135. The second-order valence-corrected chi connectivity index (χ2v) is 11.0. The van der Waals surface area contributed by atoms with Crippen LogP contribution in [0.2, 0.25) is 0 Å². The van der Waals surface area contributed by atoms with E-state index < -0.39 is 0 Å². The molecule has 1 aliphatic rings. The Labute approximate surface area is 231 Å². The summed E-state index contributed by atoms with van der Waals surface area (Å²) in [5, 5.41) is 0. The molecule has 2 heteroatoms. The van der Waals surface area contributed by atoms with Crippen molar-refractivity contribution in [2.45, 2.75) is 33.1 Å². The summed E-state index contributed by atoms with van der Waals surface area (Å²) < 4.78 is 0. The SMILES string of the molecule is Cc1ccc2c(c1)C(C)(C)c1cc(-c3cc(/C=C/c4ccncc4)c(C)cc3/C=C/c3ccncc3)ccc1-2. The molecular formula is C37H32N2. The Morgan fingerprint density at radius 1 is 0.538 bits per heavy atom. The Morgan fingerprint density at radius 3 is 1.74 bits per heavy atom. The van der Waals surface area contributed by atoms with Crippen LogP contribution in [0.15, 0.2) is 97.6 Å². The van der Waals surface area contributed by atoms with Crippen molar-refractivity contribution in [1.29, 1.82) is 0 Å². The van der Waals surface area contributed by atoms with Crippen LogP contribution in [-0.2, 0) is 5.41 Å². The van der Waals surface area contributed by atoms with Crippen molar-refractivity contribution >= 4 is 24.3 Å². The van der Waals surface area contributed by atoms with Gasteiger partial charge in [0.2, 0.25) is 0 Å². The van der Waals surface area contributed by atoms with Crippen LogP contribution >= 0.6 is 0 Å². The minimum Gasteiger partial charge on any atom is -0.265 e. The third-order valence-electron chi connectivity index (χ3n) is 7.90. The topological polar surface area (TPSA) is 25.8 Å². The molecule has 0 N–H and O–H groups in total. The van der Waals surface area contributed by atoms with Crippen molar-refractivity contribution in [3.8, 4) is 22.3 Å². The van der Waals surface area contributed by atoms with E-state index in [9.17, 15) is 0 Å². The summed E-state index contributed by atoms with van der Waals surface area (Å²) in [6, 6.07) is 26.6. The third kappa shape index (κ3) is 4.75. The lowest BCUT2D eigenvalue weighted by Crippen LogP contribution is -2.15. The summed E-state index contributed by atoms with van der Waals surface area (Å²) in [7, 11) is 0. The molecule has 0 saturated carbocycles. The average molecular weight is 505 g/mol. The molecule has 3 aromatic carbocycles. The number of aromatic nitrogens is 2. The number of pyridine rings is 2. The average Bonchev–Trinajstić information content (AvgIpc) is 3.17. The first-order valence-electron chi connectivity index (χ1n) is 13.5. The lowest BCUT2D eigenvalue weighted by atomic mass is 9.81. The van der Waals surface area contributed by atoms with Gasteiger partial charge in [0.15, 0.2) is 0 Å². The summed E-state index contributed by atoms with van der Waals surface area (Å²) in [6.45, 7) is 9.07. The van der Waals surface area contributed by atoms with Crippen molar-refractivity contribution in [1.82, 2.24) is 9.97 Å². The van der Waals surface area contributed by atoms with Gasteiger partial charge in [-0.1, -0.05) is 80.1 Å². The zero-order valence-corrected chi connectivity index (χ0v) is 22.9. The number of rotatable bonds is 5. The molecule has 2 aromatic heterocycles. The molecule has 1 aliphatic carbocycles. The largest absolute Gasteiger partial charge is 0.265 e. The van der Waals surface area contributed by atoms with E-state index in [1.165, 1.54) is 55.6 Å². The number of benzene rings is 3. The molecule has 0 unspecified atom stereocenters. The highest BCUT2D eigenvalue weighted by Crippen LogP contribution is 2.50. The van der Waals surface area contributed by atoms with Crippen molar-refractivity contribution in [3.05, 3.63) is 142 Å². The van der Waals surface area contributed by atoms with Crippen LogP contribution in [0, 0.1) is 13.8 Å². The van der Waals surface area contributed by atoms with Crippen molar-refractivity contribution in [2.75, 3.05) is 0 Å². The molecule has 2 heterocycles. The standard InChI is InChI=1S/C37H32N2/c1-25-5-11-32-33-12-10-31(24-36(33)37(3,4)35(32)21-25)34-23-29(8-6-27-13-17-38-18-14-27)26(2)22-30(34)9-7-28-15-19-39-20-16-28/h5-24H,1-4H3/b8-6+,9-7+. The summed E-state index contributed by atoms with van der Waals surface area (Å²) in [6.07, 6.45) is 16.1. The van der Waals surface area contributed by atoms with Gasteiger partial charge in [-0.2, -0.15) is 0 Å². The van der Waals surface area contributed by atoms with Gasteiger partial charge in [0.25, 0.3) is 0 Å². The first-order valence-corrected chi connectivity index (χ1v) is 13.5. The molecule has 39 heavy (non-hydrogen) atoms. The number of hydrogen-bond acceptors (Lipinski definition) is 2. The molecule has 0 amide bonds. The molecular weight excluding hydrogens is 472 g/mol. The molecule has 0 saturated heterocycles. The summed E-state index contributed by atoms with van der Waals surface area (Å²) >= 11 is 0. The lowest BCUT2D eigenvalue weighted by Gasteiger charge is -2.22. The molecule has 5 aromatic rings. The van der Waals surface area contributed by atoms with E-state index in [4.69, 9.17) is 0 Å². The van der Waals surface area contributed by atoms with Crippen molar-refractivity contribution in [2.24, 2.45) is 0 Å². The molecule has 0 radical (unpaired) electrons. The zero-order valence-electron chi connectivity index (χ0n) is 22.9. The second-order valence-electron chi connectivity index (χ2n) is 11.0. The van der Waals surface area contributed by atoms with Crippen LogP contribution < -0.4 is 0 Å². The van der Waals surface area contributed by atoms with Gasteiger partial charge < -0.3 is 0 Å². The number of hydrogen-bond donors (Lipinski definition) is 0. The quantitative estimate of drug-likeness (QED) is 0.238. The highest BCUT2D eigenvalue weighted by atomic mass is 14.6. The Kier molecular flexibility index (Phi) is 6.32. The van der Waals surface area contributed by atoms with Gasteiger partial charge in [0.1, 0.15) is 0 Å². The van der Waals surface area contributed by atoms with Gasteiger partial charge in [0.05, 0.1) is 0 Å². The third-order valence-corrected chi connectivity index (χ3v) is 7.90. The molecule has 0 aliphatic heterocycles. The molecule has 0 fully saturated rings. The highest BCUT2D eigenvalue weighted by molar-refractivity contribution is 5.88. The maximum atomic E-state index is 4.16. The predicted octanol–water partition coefficient (Wildman–Crippen LogP) is 9.41.